The highest BCUT2D eigenvalue weighted by molar-refractivity contribution is 4.93. The standard InChI is InChI=1S/C7H12O2/c1-5-6(2)9-4-3-7(5)8/h3-8H,1-2H3/t5-,6+,7+/m1/s1. The molecular weight excluding hydrogens is 116 g/mol. The molecule has 52 valence electrons. The molecule has 0 aromatic carbocycles. The second kappa shape index (κ2) is 2.40. The third-order valence-electron chi connectivity index (χ3n) is 1.85. The van der Waals surface area contributed by atoms with Gasteiger partial charge in [0.25, 0.3) is 0 Å². The molecule has 0 bridgehead atoms. The molecule has 1 aliphatic heterocycles. The normalized spacial score (nSPS) is 42.3. The Bertz CT molecular complexity index is 120. The predicted octanol–water partition coefficient (Wildman–Crippen LogP) is 0.916. The van der Waals surface area contributed by atoms with E-state index in [0.29, 0.717) is 0 Å². The van der Waals surface area contributed by atoms with E-state index in [1.165, 1.54) is 0 Å². The van der Waals surface area contributed by atoms with E-state index >= 15 is 0 Å². The van der Waals surface area contributed by atoms with Crippen molar-refractivity contribution in [1.82, 2.24) is 0 Å². The Hall–Kier alpha value is -0.500. The van der Waals surface area contributed by atoms with E-state index in [-0.39, 0.29) is 18.1 Å². The van der Waals surface area contributed by atoms with Crippen LogP contribution in [0.4, 0.5) is 0 Å². The van der Waals surface area contributed by atoms with Crippen molar-refractivity contribution in [3.05, 3.63) is 12.3 Å². The summed E-state index contributed by atoms with van der Waals surface area (Å²) in [5, 5.41) is 9.18. The molecule has 1 rings (SSSR count). The number of ether oxygens (including phenoxy) is 1. The zero-order valence-electron chi connectivity index (χ0n) is 5.74. The van der Waals surface area contributed by atoms with Crippen molar-refractivity contribution >= 4 is 0 Å². The smallest absolute Gasteiger partial charge is 0.100 e. The minimum absolute atomic E-state index is 0.144. The Balaban J connectivity index is 2.58. The second-order valence-electron chi connectivity index (χ2n) is 2.52. The lowest BCUT2D eigenvalue weighted by Gasteiger charge is -2.26. The fourth-order valence-corrected chi connectivity index (χ4v) is 0.827. The summed E-state index contributed by atoms with van der Waals surface area (Å²) in [5.74, 6) is 0.218. The van der Waals surface area contributed by atoms with Gasteiger partial charge in [0, 0.05) is 5.92 Å². The summed E-state index contributed by atoms with van der Waals surface area (Å²) in [4.78, 5) is 0. The third kappa shape index (κ3) is 1.24. The van der Waals surface area contributed by atoms with Crippen LogP contribution in [0.2, 0.25) is 0 Å². The summed E-state index contributed by atoms with van der Waals surface area (Å²) in [6, 6.07) is 0. The summed E-state index contributed by atoms with van der Waals surface area (Å²) in [5.41, 5.74) is 0. The van der Waals surface area contributed by atoms with Gasteiger partial charge in [0.05, 0.1) is 12.4 Å². The molecule has 1 aliphatic rings. The maximum Gasteiger partial charge on any atom is 0.100 e. The minimum Gasteiger partial charge on any atom is -0.498 e. The van der Waals surface area contributed by atoms with E-state index in [1.807, 2.05) is 13.8 Å². The highest BCUT2D eigenvalue weighted by atomic mass is 16.5. The van der Waals surface area contributed by atoms with E-state index in [0.717, 1.165) is 0 Å². The van der Waals surface area contributed by atoms with Crippen LogP contribution in [0.1, 0.15) is 13.8 Å². The van der Waals surface area contributed by atoms with Crippen LogP contribution < -0.4 is 0 Å². The van der Waals surface area contributed by atoms with Crippen molar-refractivity contribution in [3.63, 3.8) is 0 Å². The first kappa shape index (κ1) is 6.62. The van der Waals surface area contributed by atoms with Gasteiger partial charge in [-0.25, -0.2) is 0 Å². The average Bonchev–Trinajstić information content (AvgIpc) is 1.83. The van der Waals surface area contributed by atoms with Crippen LogP contribution >= 0.6 is 0 Å². The minimum atomic E-state index is -0.325. The van der Waals surface area contributed by atoms with E-state index < -0.39 is 0 Å². The van der Waals surface area contributed by atoms with E-state index in [9.17, 15) is 5.11 Å². The highest BCUT2D eigenvalue weighted by Crippen LogP contribution is 2.17. The highest BCUT2D eigenvalue weighted by Gasteiger charge is 2.22. The molecule has 0 aromatic rings. The van der Waals surface area contributed by atoms with Gasteiger partial charge in [-0.15, -0.1) is 0 Å². The zero-order valence-corrected chi connectivity index (χ0v) is 5.74. The number of aliphatic hydroxyl groups is 1. The van der Waals surface area contributed by atoms with Gasteiger partial charge in [-0.1, -0.05) is 6.92 Å². The molecule has 1 N–H and O–H groups in total. The van der Waals surface area contributed by atoms with Crippen molar-refractivity contribution in [2.75, 3.05) is 0 Å². The lowest BCUT2D eigenvalue weighted by Crippen LogP contribution is -2.30. The maximum absolute atomic E-state index is 9.18. The largest absolute Gasteiger partial charge is 0.498 e. The number of hydrogen-bond acceptors (Lipinski definition) is 2. The summed E-state index contributed by atoms with van der Waals surface area (Å²) < 4.78 is 5.12. The Morgan fingerprint density at radius 2 is 2.11 bits per heavy atom. The van der Waals surface area contributed by atoms with Gasteiger partial charge in [-0.2, -0.15) is 0 Å². The molecule has 3 atom stereocenters. The van der Waals surface area contributed by atoms with Gasteiger partial charge >= 0.3 is 0 Å². The zero-order chi connectivity index (χ0) is 6.85. The van der Waals surface area contributed by atoms with Gasteiger partial charge in [0.15, 0.2) is 0 Å². The number of hydrogen-bond donors (Lipinski definition) is 1. The van der Waals surface area contributed by atoms with E-state index in [1.54, 1.807) is 12.3 Å². The number of rotatable bonds is 0. The first-order valence-electron chi connectivity index (χ1n) is 3.22. The fraction of sp³-hybridized carbons (Fsp3) is 0.714. The van der Waals surface area contributed by atoms with Crippen LogP contribution in [-0.4, -0.2) is 17.3 Å². The first-order chi connectivity index (χ1) is 4.22. The molecule has 1 heterocycles. The van der Waals surface area contributed by atoms with Crippen LogP contribution in [0.5, 0.6) is 0 Å². The summed E-state index contributed by atoms with van der Waals surface area (Å²) in [7, 11) is 0. The van der Waals surface area contributed by atoms with Crippen molar-refractivity contribution in [1.29, 1.82) is 0 Å². The summed E-state index contributed by atoms with van der Waals surface area (Å²) in [6.07, 6.45) is 3.05. The van der Waals surface area contributed by atoms with Crippen LogP contribution in [0, 0.1) is 5.92 Å². The molecule has 0 aromatic heterocycles. The molecule has 0 saturated heterocycles. The van der Waals surface area contributed by atoms with Gasteiger partial charge in [0.1, 0.15) is 6.10 Å². The van der Waals surface area contributed by atoms with E-state index in [2.05, 4.69) is 0 Å². The predicted molar refractivity (Wildman–Crippen MR) is 34.9 cm³/mol. The SMILES string of the molecule is C[C@@H]1[C@H](C)OC=C[C@@H]1O. The summed E-state index contributed by atoms with van der Waals surface area (Å²) >= 11 is 0. The first-order valence-corrected chi connectivity index (χ1v) is 3.22. The van der Waals surface area contributed by atoms with Crippen LogP contribution in [0.15, 0.2) is 12.3 Å². The molecule has 0 radical (unpaired) electrons. The lowest BCUT2D eigenvalue weighted by atomic mass is 9.98. The van der Waals surface area contributed by atoms with Gasteiger partial charge in [0.2, 0.25) is 0 Å². The lowest BCUT2D eigenvalue weighted by molar-refractivity contribution is 0.0224. The monoisotopic (exact) mass is 128 g/mol. The Morgan fingerprint density at radius 3 is 2.56 bits per heavy atom. The van der Waals surface area contributed by atoms with E-state index in [4.69, 9.17) is 4.74 Å². The Labute approximate surface area is 55.1 Å². The summed E-state index contributed by atoms with van der Waals surface area (Å²) in [6.45, 7) is 3.93. The van der Waals surface area contributed by atoms with Crippen molar-refractivity contribution < 1.29 is 9.84 Å². The van der Waals surface area contributed by atoms with Gasteiger partial charge < -0.3 is 9.84 Å². The molecule has 2 heteroatoms. The maximum atomic E-state index is 9.18. The van der Waals surface area contributed by atoms with Crippen LogP contribution in [-0.2, 0) is 4.74 Å². The molecular formula is C7H12O2. The second-order valence-corrected chi connectivity index (χ2v) is 2.52. The van der Waals surface area contributed by atoms with Gasteiger partial charge in [-0.3, -0.25) is 0 Å². The fourth-order valence-electron chi connectivity index (χ4n) is 0.827. The molecule has 0 amide bonds. The van der Waals surface area contributed by atoms with Crippen molar-refractivity contribution in [2.45, 2.75) is 26.1 Å². The molecule has 0 aliphatic carbocycles. The van der Waals surface area contributed by atoms with Crippen molar-refractivity contribution in [2.24, 2.45) is 5.92 Å². The Kier molecular flexibility index (Phi) is 1.76. The molecule has 0 spiro atoms. The average molecular weight is 128 g/mol. The van der Waals surface area contributed by atoms with Crippen LogP contribution in [0.3, 0.4) is 0 Å². The quantitative estimate of drug-likeness (QED) is 0.525. The molecule has 0 fully saturated rings. The third-order valence-corrected chi connectivity index (χ3v) is 1.85. The molecule has 9 heavy (non-hydrogen) atoms. The van der Waals surface area contributed by atoms with Crippen LogP contribution in [0.25, 0.3) is 0 Å². The number of aliphatic hydroxyl groups excluding tert-OH is 1. The van der Waals surface area contributed by atoms with Crippen molar-refractivity contribution in [3.8, 4) is 0 Å². The molecule has 0 saturated carbocycles. The topological polar surface area (TPSA) is 29.5 Å². The van der Waals surface area contributed by atoms with Gasteiger partial charge in [-0.05, 0) is 13.0 Å². The Morgan fingerprint density at radius 1 is 1.44 bits per heavy atom. The molecule has 2 nitrogen and oxygen atoms in total. The molecule has 0 unspecified atom stereocenters.